The van der Waals surface area contributed by atoms with Crippen molar-refractivity contribution in [1.29, 1.82) is 0 Å². The van der Waals surface area contributed by atoms with Crippen molar-refractivity contribution in [3.8, 4) is 11.5 Å². The number of rotatable bonds is 3. The molecule has 0 radical (unpaired) electrons. The van der Waals surface area contributed by atoms with Gasteiger partial charge in [-0.15, -0.1) is 0 Å². The zero-order chi connectivity index (χ0) is 16.4. The third-order valence-electron chi connectivity index (χ3n) is 4.37. The van der Waals surface area contributed by atoms with Gasteiger partial charge in [-0.25, -0.2) is 0 Å². The number of ether oxygens (including phenoxy) is 1. The van der Waals surface area contributed by atoms with Crippen molar-refractivity contribution in [2.45, 2.75) is 13.5 Å². The standard InChI is InChI=1S/C19H24N2O2/c1-14-11-20(2)16-6-4-5-7-17(16)21(12-14)13-15-8-9-19(23-3)18(22)10-15/h4-10,14,22H,11-13H2,1-3H3. The summed E-state index contributed by atoms with van der Waals surface area (Å²) in [6.45, 7) is 5.09. The Morgan fingerprint density at radius 1 is 1.13 bits per heavy atom. The molecule has 1 N–H and O–H groups in total. The first kappa shape index (κ1) is 15.5. The molecule has 0 bridgehead atoms. The highest BCUT2D eigenvalue weighted by molar-refractivity contribution is 5.72. The molecule has 1 atom stereocenters. The molecular weight excluding hydrogens is 288 g/mol. The lowest BCUT2D eigenvalue weighted by Gasteiger charge is -2.26. The topological polar surface area (TPSA) is 35.9 Å². The maximum Gasteiger partial charge on any atom is 0.160 e. The van der Waals surface area contributed by atoms with Crippen LogP contribution in [-0.4, -0.2) is 32.4 Å². The average molecular weight is 312 g/mol. The van der Waals surface area contributed by atoms with Crippen LogP contribution in [0.1, 0.15) is 12.5 Å². The van der Waals surface area contributed by atoms with Crippen molar-refractivity contribution in [3.05, 3.63) is 48.0 Å². The molecule has 0 saturated heterocycles. The second kappa shape index (κ2) is 6.41. The lowest BCUT2D eigenvalue weighted by Crippen LogP contribution is -2.29. The van der Waals surface area contributed by atoms with E-state index >= 15 is 0 Å². The molecule has 1 heterocycles. The van der Waals surface area contributed by atoms with Crippen molar-refractivity contribution in [1.82, 2.24) is 0 Å². The Morgan fingerprint density at radius 3 is 2.57 bits per heavy atom. The molecule has 0 aromatic heterocycles. The predicted octanol–water partition coefficient (Wildman–Crippen LogP) is 3.49. The number of aromatic hydroxyl groups is 1. The van der Waals surface area contributed by atoms with E-state index in [-0.39, 0.29) is 5.75 Å². The first-order valence-electron chi connectivity index (χ1n) is 7.99. The molecule has 4 nitrogen and oxygen atoms in total. The SMILES string of the molecule is COc1ccc(CN2CC(C)CN(C)c3ccccc32)cc1O. The molecule has 0 aliphatic carbocycles. The van der Waals surface area contributed by atoms with E-state index in [1.54, 1.807) is 13.2 Å². The fourth-order valence-electron chi connectivity index (χ4n) is 3.36. The first-order chi connectivity index (χ1) is 11.1. The molecule has 2 aromatic rings. The molecule has 1 aliphatic rings. The number of phenolic OH excluding ortho intramolecular Hbond substituents is 1. The Hall–Kier alpha value is -2.36. The van der Waals surface area contributed by atoms with Crippen molar-refractivity contribution < 1.29 is 9.84 Å². The highest BCUT2D eigenvalue weighted by Crippen LogP contribution is 2.34. The van der Waals surface area contributed by atoms with Crippen LogP contribution in [0.25, 0.3) is 0 Å². The third-order valence-corrected chi connectivity index (χ3v) is 4.37. The number of hydrogen-bond acceptors (Lipinski definition) is 4. The summed E-state index contributed by atoms with van der Waals surface area (Å²) in [6.07, 6.45) is 0. The average Bonchev–Trinajstić information content (AvgIpc) is 2.65. The lowest BCUT2D eigenvalue weighted by atomic mass is 10.1. The highest BCUT2D eigenvalue weighted by Gasteiger charge is 2.22. The normalized spacial score (nSPS) is 17.6. The molecule has 23 heavy (non-hydrogen) atoms. The maximum absolute atomic E-state index is 10.0. The minimum absolute atomic E-state index is 0.193. The van der Waals surface area contributed by atoms with Crippen molar-refractivity contribution in [2.24, 2.45) is 5.92 Å². The molecule has 4 heteroatoms. The summed E-state index contributed by atoms with van der Waals surface area (Å²) in [7, 11) is 3.72. The van der Waals surface area contributed by atoms with Gasteiger partial charge < -0.3 is 19.6 Å². The number of para-hydroxylation sites is 2. The maximum atomic E-state index is 10.0. The van der Waals surface area contributed by atoms with Gasteiger partial charge in [0.25, 0.3) is 0 Å². The second-order valence-corrected chi connectivity index (χ2v) is 6.36. The highest BCUT2D eigenvalue weighted by atomic mass is 16.5. The molecule has 0 amide bonds. The summed E-state index contributed by atoms with van der Waals surface area (Å²) >= 11 is 0. The summed E-state index contributed by atoms with van der Waals surface area (Å²) in [4.78, 5) is 4.72. The number of nitrogens with zero attached hydrogens (tertiary/aromatic N) is 2. The van der Waals surface area contributed by atoms with Crippen LogP contribution in [-0.2, 0) is 6.54 Å². The fraction of sp³-hybridized carbons (Fsp3) is 0.368. The van der Waals surface area contributed by atoms with Crippen molar-refractivity contribution in [2.75, 3.05) is 37.0 Å². The van der Waals surface area contributed by atoms with Crippen molar-refractivity contribution >= 4 is 11.4 Å². The number of phenols is 1. The van der Waals surface area contributed by atoms with Crippen LogP contribution >= 0.6 is 0 Å². The molecule has 2 aromatic carbocycles. The fourth-order valence-corrected chi connectivity index (χ4v) is 3.36. The van der Waals surface area contributed by atoms with E-state index in [0.29, 0.717) is 11.7 Å². The van der Waals surface area contributed by atoms with Crippen LogP contribution in [0.2, 0.25) is 0 Å². The molecule has 0 spiro atoms. The van der Waals surface area contributed by atoms with Gasteiger partial charge in [-0.3, -0.25) is 0 Å². The van der Waals surface area contributed by atoms with Crippen LogP contribution in [0, 0.1) is 5.92 Å². The summed E-state index contributed by atoms with van der Waals surface area (Å²) in [5.41, 5.74) is 3.58. The predicted molar refractivity (Wildman–Crippen MR) is 94.6 cm³/mol. The Bertz CT molecular complexity index is 687. The Kier molecular flexibility index (Phi) is 4.33. The van der Waals surface area contributed by atoms with E-state index < -0.39 is 0 Å². The molecule has 122 valence electrons. The van der Waals surface area contributed by atoms with E-state index in [0.717, 1.165) is 25.2 Å². The van der Waals surface area contributed by atoms with E-state index in [1.807, 2.05) is 12.1 Å². The first-order valence-corrected chi connectivity index (χ1v) is 7.99. The van der Waals surface area contributed by atoms with E-state index in [1.165, 1.54) is 11.4 Å². The van der Waals surface area contributed by atoms with Gasteiger partial charge in [-0.2, -0.15) is 0 Å². The number of methoxy groups -OCH3 is 1. The van der Waals surface area contributed by atoms with Crippen LogP contribution in [0.5, 0.6) is 11.5 Å². The molecule has 3 rings (SSSR count). The summed E-state index contributed by atoms with van der Waals surface area (Å²) in [5.74, 6) is 1.27. The minimum Gasteiger partial charge on any atom is -0.504 e. The zero-order valence-corrected chi connectivity index (χ0v) is 14.0. The number of benzene rings is 2. The van der Waals surface area contributed by atoms with Gasteiger partial charge in [-0.05, 0) is 35.7 Å². The van der Waals surface area contributed by atoms with Gasteiger partial charge in [0.05, 0.1) is 18.5 Å². The number of hydrogen-bond donors (Lipinski definition) is 1. The second-order valence-electron chi connectivity index (χ2n) is 6.36. The van der Waals surface area contributed by atoms with Crippen LogP contribution in [0.3, 0.4) is 0 Å². The van der Waals surface area contributed by atoms with Crippen LogP contribution < -0.4 is 14.5 Å². The van der Waals surface area contributed by atoms with Gasteiger partial charge in [0.2, 0.25) is 0 Å². The number of fused-ring (bicyclic) bond motifs is 1. The smallest absolute Gasteiger partial charge is 0.160 e. The Morgan fingerprint density at radius 2 is 1.87 bits per heavy atom. The molecule has 1 aliphatic heterocycles. The summed E-state index contributed by atoms with van der Waals surface area (Å²) < 4.78 is 5.13. The van der Waals surface area contributed by atoms with Gasteiger partial charge in [0, 0.05) is 26.7 Å². The van der Waals surface area contributed by atoms with Crippen LogP contribution in [0.4, 0.5) is 11.4 Å². The summed E-state index contributed by atoms with van der Waals surface area (Å²) in [6, 6.07) is 14.1. The van der Waals surface area contributed by atoms with Gasteiger partial charge in [-0.1, -0.05) is 25.1 Å². The Labute approximate surface area is 137 Å². The van der Waals surface area contributed by atoms with Gasteiger partial charge in [0.1, 0.15) is 0 Å². The monoisotopic (exact) mass is 312 g/mol. The molecule has 0 fully saturated rings. The molecule has 1 unspecified atom stereocenters. The summed E-state index contributed by atoms with van der Waals surface area (Å²) in [5, 5.41) is 10.0. The zero-order valence-electron chi connectivity index (χ0n) is 14.0. The molecular formula is C19H24N2O2. The van der Waals surface area contributed by atoms with Gasteiger partial charge >= 0.3 is 0 Å². The lowest BCUT2D eigenvalue weighted by molar-refractivity contribution is 0.373. The van der Waals surface area contributed by atoms with Gasteiger partial charge in [0.15, 0.2) is 11.5 Å². The van der Waals surface area contributed by atoms with E-state index in [9.17, 15) is 5.11 Å². The third kappa shape index (κ3) is 3.21. The van der Waals surface area contributed by atoms with Crippen molar-refractivity contribution in [3.63, 3.8) is 0 Å². The van der Waals surface area contributed by atoms with E-state index in [2.05, 4.69) is 48.0 Å². The number of anilines is 2. The van der Waals surface area contributed by atoms with Crippen LogP contribution in [0.15, 0.2) is 42.5 Å². The Balaban J connectivity index is 1.92. The quantitative estimate of drug-likeness (QED) is 0.941. The minimum atomic E-state index is 0.193. The van der Waals surface area contributed by atoms with E-state index in [4.69, 9.17) is 4.74 Å². The largest absolute Gasteiger partial charge is 0.504 e. The molecule has 0 saturated carbocycles.